The molecule has 0 radical (unpaired) electrons. The predicted molar refractivity (Wildman–Crippen MR) is 74.8 cm³/mol. The number of ether oxygens (including phenoxy) is 1. The topological polar surface area (TPSA) is 53.6 Å². The van der Waals surface area contributed by atoms with Crippen LogP contribution in [0.25, 0.3) is 0 Å². The number of carbonyl (C=O) groups excluding carboxylic acids is 1. The summed E-state index contributed by atoms with van der Waals surface area (Å²) in [7, 11) is 0. The molecule has 5 nitrogen and oxygen atoms in total. The Morgan fingerprint density at radius 1 is 1.30 bits per heavy atom. The van der Waals surface area contributed by atoms with Crippen LogP contribution in [-0.4, -0.2) is 54.4 Å². The van der Waals surface area contributed by atoms with Crippen LogP contribution in [-0.2, 0) is 9.53 Å². The Balaban J connectivity index is 1.93. The van der Waals surface area contributed by atoms with Crippen LogP contribution in [0, 0.1) is 5.92 Å². The molecular weight excluding hydrogens is 261 g/mol. The van der Waals surface area contributed by atoms with Gasteiger partial charge in [0.05, 0.1) is 24.7 Å². The Hall–Kier alpha value is -0.720. The number of amides is 1. The molecule has 2 heterocycles. The first-order valence-electron chi connectivity index (χ1n) is 7.49. The second kappa shape index (κ2) is 6.37. The number of nitrogens with zero attached hydrogens (tertiary/aromatic N) is 1. The van der Waals surface area contributed by atoms with E-state index in [2.05, 4.69) is 10.9 Å². The van der Waals surface area contributed by atoms with E-state index in [0.717, 1.165) is 0 Å². The minimum atomic E-state index is -1.09. The zero-order chi connectivity index (χ0) is 14.9. The molecule has 0 aliphatic carbocycles. The highest BCUT2D eigenvalue weighted by molar-refractivity contribution is 5.80. The van der Waals surface area contributed by atoms with Crippen molar-refractivity contribution in [2.45, 2.75) is 64.6 Å². The number of carbonyl (C=O) groups is 1. The molecule has 2 saturated heterocycles. The molecule has 2 fully saturated rings. The first kappa shape index (κ1) is 15.7. The molecule has 0 saturated carbocycles. The van der Waals surface area contributed by atoms with Gasteiger partial charge in [-0.25, -0.2) is 4.39 Å². The summed E-state index contributed by atoms with van der Waals surface area (Å²) >= 11 is 0. The summed E-state index contributed by atoms with van der Waals surface area (Å²) in [6.07, 6.45) is -0.887. The van der Waals surface area contributed by atoms with Gasteiger partial charge in [0, 0.05) is 18.6 Å². The monoisotopic (exact) mass is 287 g/mol. The standard InChI is InChI=1S/C14H26FN3O2/c1-8(2)20-12-5-6-18(7-11(12)15)14(19)13-9(3)16-17-10(13)4/h8-13,16-17H,5-7H2,1-4H3/t9?,10?,11-,12+,13?/m1/s1. The number of likely N-dealkylation sites (tertiary alicyclic amines) is 1. The lowest BCUT2D eigenvalue weighted by molar-refractivity contribution is -0.143. The smallest absolute Gasteiger partial charge is 0.229 e. The minimum absolute atomic E-state index is 0.0174. The Morgan fingerprint density at radius 3 is 2.40 bits per heavy atom. The summed E-state index contributed by atoms with van der Waals surface area (Å²) in [5, 5.41) is 0. The van der Waals surface area contributed by atoms with E-state index in [1.54, 1.807) is 4.90 Å². The van der Waals surface area contributed by atoms with Crippen LogP contribution in [0.2, 0.25) is 0 Å². The van der Waals surface area contributed by atoms with Crippen molar-refractivity contribution in [3.05, 3.63) is 0 Å². The van der Waals surface area contributed by atoms with Crippen molar-refractivity contribution in [3.63, 3.8) is 0 Å². The van der Waals surface area contributed by atoms with Gasteiger partial charge in [-0.3, -0.25) is 15.6 Å². The molecule has 0 spiro atoms. The molecule has 2 rings (SSSR count). The molecule has 20 heavy (non-hydrogen) atoms. The number of rotatable bonds is 3. The van der Waals surface area contributed by atoms with Gasteiger partial charge in [0.2, 0.25) is 5.91 Å². The third-order valence-corrected chi connectivity index (χ3v) is 4.14. The molecule has 6 heteroatoms. The van der Waals surface area contributed by atoms with Crippen LogP contribution < -0.4 is 10.9 Å². The van der Waals surface area contributed by atoms with Gasteiger partial charge in [-0.15, -0.1) is 0 Å². The Labute approximate surface area is 120 Å². The molecule has 0 bridgehead atoms. The van der Waals surface area contributed by atoms with Gasteiger partial charge in [0.15, 0.2) is 0 Å². The van der Waals surface area contributed by atoms with E-state index in [4.69, 9.17) is 4.74 Å². The molecular formula is C14H26FN3O2. The molecule has 2 N–H and O–H groups in total. The fourth-order valence-electron chi connectivity index (χ4n) is 3.10. The van der Waals surface area contributed by atoms with E-state index in [-0.39, 0.29) is 42.7 Å². The van der Waals surface area contributed by atoms with Crippen LogP contribution in [0.5, 0.6) is 0 Å². The van der Waals surface area contributed by atoms with E-state index in [9.17, 15) is 9.18 Å². The van der Waals surface area contributed by atoms with E-state index in [0.29, 0.717) is 13.0 Å². The summed E-state index contributed by atoms with van der Waals surface area (Å²) in [5.74, 6) is -0.0992. The highest BCUT2D eigenvalue weighted by Gasteiger charge is 2.41. The van der Waals surface area contributed by atoms with Crippen molar-refractivity contribution < 1.29 is 13.9 Å². The first-order valence-corrected chi connectivity index (χ1v) is 7.49. The van der Waals surface area contributed by atoms with Crippen LogP contribution in [0.4, 0.5) is 4.39 Å². The largest absolute Gasteiger partial charge is 0.372 e. The maximum Gasteiger partial charge on any atom is 0.229 e. The fraction of sp³-hybridized carbons (Fsp3) is 0.929. The number of hydrazine groups is 1. The molecule has 2 aliphatic rings. The molecule has 0 aromatic heterocycles. The minimum Gasteiger partial charge on any atom is -0.372 e. The average Bonchev–Trinajstić information content (AvgIpc) is 2.70. The quantitative estimate of drug-likeness (QED) is 0.808. The maximum atomic E-state index is 14.1. The van der Waals surface area contributed by atoms with Gasteiger partial charge in [0.25, 0.3) is 0 Å². The van der Waals surface area contributed by atoms with E-state index in [1.165, 1.54) is 0 Å². The Morgan fingerprint density at radius 2 is 1.90 bits per heavy atom. The Bertz CT molecular complexity index is 343. The Kier molecular flexibility index (Phi) is 4.99. The summed E-state index contributed by atoms with van der Waals surface area (Å²) in [5.41, 5.74) is 6.14. The molecule has 0 aromatic rings. The third-order valence-electron chi connectivity index (χ3n) is 4.14. The fourth-order valence-corrected chi connectivity index (χ4v) is 3.10. The molecule has 0 aromatic carbocycles. The maximum absolute atomic E-state index is 14.1. The summed E-state index contributed by atoms with van der Waals surface area (Å²) in [4.78, 5) is 14.2. The summed E-state index contributed by atoms with van der Waals surface area (Å²) in [6.45, 7) is 8.48. The van der Waals surface area contributed by atoms with Crippen molar-refractivity contribution in [2.75, 3.05) is 13.1 Å². The van der Waals surface area contributed by atoms with Crippen molar-refractivity contribution in [3.8, 4) is 0 Å². The number of hydrogen-bond donors (Lipinski definition) is 2. The lowest BCUT2D eigenvalue weighted by Gasteiger charge is -2.37. The number of hydrogen-bond acceptors (Lipinski definition) is 4. The van der Waals surface area contributed by atoms with Crippen LogP contribution in [0.3, 0.4) is 0 Å². The van der Waals surface area contributed by atoms with Gasteiger partial charge in [-0.1, -0.05) is 0 Å². The third kappa shape index (κ3) is 3.30. The lowest BCUT2D eigenvalue weighted by Crippen LogP contribution is -2.52. The van der Waals surface area contributed by atoms with Gasteiger partial charge in [-0.05, 0) is 34.1 Å². The zero-order valence-electron chi connectivity index (χ0n) is 12.7. The first-order chi connectivity index (χ1) is 9.40. The van der Waals surface area contributed by atoms with Crippen LogP contribution in [0.15, 0.2) is 0 Å². The number of nitrogens with one attached hydrogen (secondary N) is 2. The molecule has 2 unspecified atom stereocenters. The normalized spacial score (nSPS) is 38.5. The van der Waals surface area contributed by atoms with Crippen molar-refractivity contribution in [2.24, 2.45) is 5.92 Å². The highest BCUT2D eigenvalue weighted by atomic mass is 19.1. The summed E-state index contributed by atoms with van der Waals surface area (Å²) < 4.78 is 19.7. The number of halogens is 1. The average molecular weight is 287 g/mol. The van der Waals surface area contributed by atoms with E-state index in [1.807, 2.05) is 27.7 Å². The second-order valence-corrected chi connectivity index (χ2v) is 6.20. The predicted octanol–water partition coefficient (Wildman–Crippen LogP) is 0.851. The van der Waals surface area contributed by atoms with Crippen molar-refractivity contribution in [1.29, 1.82) is 0 Å². The summed E-state index contributed by atoms with van der Waals surface area (Å²) in [6, 6.07) is 0.139. The van der Waals surface area contributed by atoms with Gasteiger partial charge in [-0.2, -0.15) is 0 Å². The molecule has 4 atom stereocenters. The molecule has 116 valence electrons. The van der Waals surface area contributed by atoms with Crippen molar-refractivity contribution >= 4 is 5.91 Å². The molecule has 1 amide bonds. The van der Waals surface area contributed by atoms with Crippen LogP contribution in [0.1, 0.15) is 34.1 Å². The SMILES string of the molecule is CC(C)O[C@H]1CCN(C(=O)C2C(C)NNC2C)C[C@H]1F. The molecule has 2 aliphatic heterocycles. The number of alkyl halides is 1. The van der Waals surface area contributed by atoms with Gasteiger partial charge >= 0.3 is 0 Å². The second-order valence-electron chi connectivity index (χ2n) is 6.20. The van der Waals surface area contributed by atoms with Gasteiger partial charge in [0.1, 0.15) is 6.17 Å². The lowest BCUT2D eigenvalue weighted by atomic mass is 9.93. The number of piperidine rings is 1. The van der Waals surface area contributed by atoms with Crippen LogP contribution >= 0.6 is 0 Å². The zero-order valence-corrected chi connectivity index (χ0v) is 12.7. The van der Waals surface area contributed by atoms with Crippen molar-refractivity contribution in [1.82, 2.24) is 15.8 Å². The highest BCUT2D eigenvalue weighted by Crippen LogP contribution is 2.23. The van der Waals surface area contributed by atoms with Gasteiger partial charge < -0.3 is 9.64 Å². The van der Waals surface area contributed by atoms with E-state index >= 15 is 0 Å². The van der Waals surface area contributed by atoms with E-state index < -0.39 is 6.17 Å².